The lowest BCUT2D eigenvalue weighted by Gasteiger charge is -2.36. The molecule has 1 aliphatic carbocycles. The molecule has 0 radical (unpaired) electrons. The highest BCUT2D eigenvalue weighted by Gasteiger charge is 2.36. The number of benzene rings is 2. The molecule has 2 aromatic rings. The van der Waals surface area contributed by atoms with E-state index in [1.165, 1.54) is 32.1 Å². The second-order valence-corrected chi connectivity index (χ2v) is 10.0. The summed E-state index contributed by atoms with van der Waals surface area (Å²) in [7, 11) is 0. The van der Waals surface area contributed by atoms with Crippen LogP contribution < -0.4 is 4.74 Å². The van der Waals surface area contributed by atoms with Gasteiger partial charge < -0.3 is 19.3 Å². The Morgan fingerprint density at radius 1 is 0.806 bits per heavy atom. The Morgan fingerprint density at radius 3 is 2.00 bits per heavy atom. The van der Waals surface area contributed by atoms with E-state index < -0.39 is 11.8 Å². The molecule has 5 nitrogen and oxygen atoms in total. The van der Waals surface area contributed by atoms with E-state index in [-0.39, 0.29) is 6.10 Å². The van der Waals surface area contributed by atoms with E-state index in [1.54, 1.807) is 0 Å². The lowest BCUT2D eigenvalue weighted by atomic mass is 9.78. The second kappa shape index (κ2) is 14.9. The van der Waals surface area contributed by atoms with Gasteiger partial charge in [0, 0.05) is 0 Å². The smallest absolute Gasteiger partial charge is 0.494 e. The molecule has 0 unspecified atom stereocenters. The lowest BCUT2D eigenvalue weighted by Crippen LogP contribution is -2.35. The molecule has 0 heterocycles. The van der Waals surface area contributed by atoms with Crippen LogP contribution in [0.1, 0.15) is 96.5 Å². The van der Waals surface area contributed by atoms with Crippen LogP contribution in [0.15, 0.2) is 48.5 Å². The van der Waals surface area contributed by atoms with Crippen LogP contribution in [0, 0.1) is 0 Å². The minimum Gasteiger partial charge on any atom is -0.494 e. The normalized spacial score (nSPS) is 19.6. The summed E-state index contributed by atoms with van der Waals surface area (Å²) in [5, 5.41) is 11.3. The van der Waals surface area contributed by atoms with Gasteiger partial charge in [-0.25, -0.2) is 4.79 Å². The van der Waals surface area contributed by atoms with Crippen LogP contribution in [-0.4, -0.2) is 30.6 Å². The molecule has 5 heteroatoms. The van der Waals surface area contributed by atoms with Gasteiger partial charge in [-0.1, -0.05) is 88.8 Å². The van der Waals surface area contributed by atoms with Crippen molar-refractivity contribution in [3.05, 3.63) is 54.1 Å². The van der Waals surface area contributed by atoms with Gasteiger partial charge in [0.1, 0.15) is 11.9 Å². The maximum atomic E-state index is 12.0. The summed E-state index contributed by atoms with van der Waals surface area (Å²) in [5.74, 6) is 0.899. The predicted octanol–water partition coefficient (Wildman–Crippen LogP) is 8.18. The number of aliphatic hydroxyl groups is 1. The maximum absolute atomic E-state index is 12.0. The summed E-state index contributed by atoms with van der Waals surface area (Å²) in [6, 6.07) is 16.3. The van der Waals surface area contributed by atoms with Crippen molar-refractivity contribution < 1.29 is 24.1 Å². The molecule has 36 heavy (non-hydrogen) atoms. The van der Waals surface area contributed by atoms with Gasteiger partial charge in [-0.05, 0) is 67.3 Å². The van der Waals surface area contributed by atoms with Crippen LogP contribution in [0.3, 0.4) is 0 Å². The Morgan fingerprint density at radius 2 is 1.36 bits per heavy atom. The second-order valence-electron chi connectivity index (χ2n) is 10.0. The fourth-order valence-electron chi connectivity index (χ4n) is 4.77. The van der Waals surface area contributed by atoms with Crippen molar-refractivity contribution in [3.63, 3.8) is 0 Å². The average Bonchev–Trinajstić information content (AvgIpc) is 2.90. The number of ether oxygens (including phenoxy) is 3. The standard InChI is InChI=1S/C31H44O5/c1-3-5-7-8-10-24-35-30(32)36-29-19-21-31(33,22-20-29)27-15-11-25(12-16-27)26-13-17-28(18-14-26)34-23-9-6-4-2/h11-18,29,33H,3-10,19-24H2,1-2H3. The molecule has 198 valence electrons. The fourth-order valence-corrected chi connectivity index (χ4v) is 4.77. The van der Waals surface area contributed by atoms with Gasteiger partial charge in [-0.3, -0.25) is 0 Å². The molecule has 1 N–H and O–H groups in total. The number of rotatable bonds is 14. The molecule has 0 atom stereocenters. The molecule has 0 amide bonds. The molecular weight excluding hydrogens is 452 g/mol. The molecule has 0 saturated heterocycles. The van der Waals surface area contributed by atoms with Crippen molar-refractivity contribution in [2.24, 2.45) is 0 Å². The van der Waals surface area contributed by atoms with Crippen LogP contribution in [0.4, 0.5) is 4.79 Å². The first-order chi connectivity index (χ1) is 17.5. The average molecular weight is 497 g/mol. The number of carbonyl (C=O) groups excluding carboxylic acids is 1. The maximum Gasteiger partial charge on any atom is 0.508 e. The molecule has 1 aliphatic rings. The van der Waals surface area contributed by atoms with Gasteiger partial charge in [0.25, 0.3) is 0 Å². The van der Waals surface area contributed by atoms with Crippen molar-refractivity contribution in [1.29, 1.82) is 0 Å². The number of hydrogen-bond acceptors (Lipinski definition) is 5. The van der Waals surface area contributed by atoms with Gasteiger partial charge in [-0.15, -0.1) is 0 Å². The van der Waals surface area contributed by atoms with Gasteiger partial charge in [0.05, 0.1) is 18.8 Å². The Kier molecular flexibility index (Phi) is 11.6. The van der Waals surface area contributed by atoms with E-state index in [1.807, 2.05) is 24.3 Å². The van der Waals surface area contributed by atoms with E-state index in [2.05, 4.69) is 38.1 Å². The molecule has 3 rings (SSSR count). The molecule has 1 saturated carbocycles. The highest BCUT2D eigenvalue weighted by molar-refractivity contribution is 5.64. The SMILES string of the molecule is CCCCCCCOC(=O)OC1CCC(O)(c2ccc(-c3ccc(OCCCCC)cc3)cc2)CC1. The zero-order valence-electron chi connectivity index (χ0n) is 22.2. The summed E-state index contributed by atoms with van der Waals surface area (Å²) in [6.45, 7) is 5.54. The summed E-state index contributed by atoms with van der Waals surface area (Å²) < 4.78 is 16.5. The number of carbonyl (C=O) groups is 1. The van der Waals surface area contributed by atoms with E-state index in [4.69, 9.17) is 14.2 Å². The third-order valence-corrected chi connectivity index (χ3v) is 7.12. The Labute approximate surface area is 217 Å². The van der Waals surface area contributed by atoms with Gasteiger partial charge in [0.2, 0.25) is 0 Å². The topological polar surface area (TPSA) is 65.0 Å². The first kappa shape index (κ1) is 28.0. The van der Waals surface area contributed by atoms with E-state index in [9.17, 15) is 9.90 Å². The van der Waals surface area contributed by atoms with Crippen molar-refractivity contribution in [3.8, 4) is 16.9 Å². The van der Waals surface area contributed by atoms with Gasteiger partial charge in [-0.2, -0.15) is 0 Å². The highest BCUT2D eigenvalue weighted by atomic mass is 16.7. The molecule has 1 fully saturated rings. The van der Waals surface area contributed by atoms with Crippen molar-refractivity contribution >= 4 is 6.16 Å². The minimum absolute atomic E-state index is 0.195. The summed E-state index contributed by atoms with van der Waals surface area (Å²) in [6.07, 6.45) is 10.6. The molecule has 0 aromatic heterocycles. The molecule has 0 bridgehead atoms. The van der Waals surface area contributed by atoms with E-state index >= 15 is 0 Å². The zero-order valence-corrected chi connectivity index (χ0v) is 22.2. The van der Waals surface area contributed by atoms with Gasteiger partial charge >= 0.3 is 6.16 Å². The molecule has 0 aliphatic heterocycles. The quantitative estimate of drug-likeness (QED) is 0.211. The zero-order chi connectivity index (χ0) is 25.6. The number of hydrogen-bond donors (Lipinski definition) is 1. The predicted molar refractivity (Wildman–Crippen MR) is 144 cm³/mol. The third kappa shape index (κ3) is 8.85. The largest absolute Gasteiger partial charge is 0.508 e. The van der Waals surface area contributed by atoms with E-state index in [0.29, 0.717) is 32.3 Å². The minimum atomic E-state index is -0.891. The third-order valence-electron chi connectivity index (χ3n) is 7.12. The van der Waals surface area contributed by atoms with Crippen LogP contribution in [0.5, 0.6) is 5.75 Å². The Hall–Kier alpha value is -2.53. The monoisotopic (exact) mass is 496 g/mol. The highest BCUT2D eigenvalue weighted by Crippen LogP contribution is 2.39. The fraction of sp³-hybridized carbons (Fsp3) is 0.581. The van der Waals surface area contributed by atoms with Crippen molar-refractivity contribution in [1.82, 2.24) is 0 Å². The first-order valence-corrected chi connectivity index (χ1v) is 13.9. The van der Waals surface area contributed by atoms with Gasteiger partial charge in [0.15, 0.2) is 0 Å². The van der Waals surface area contributed by atoms with Crippen LogP contribution in [0.2, 0.25) is 0 Å². The van der Waals surface area contributed by atoms with E-state index in [0.717, 1.165) is 48.3 Å². The summed E-state index contributed by atoms with van der Waals surface area (Å²) >= 11 is 0. The molecule has 2 aromatic carbocycles. The summed E-state index contributed by atoms with van der Waals surface area (Å²) in [5.41, 5.74) is 2.25. The first-order valence-electron chi connectivity index (χ1n) is 13.9. The molecular formula is C31H44O5. The Bertz CT molecular complexity index is 882. The molecule has 0 spiro atoms. The van der Waals surface area contributed by atoms with Crippen molar-refractivity contribution in [2.45, 2.75) is 103 Å². The Balaban J connectivity index is 1.43. The summed E-state index contributed by atoms with van der Waals surface area (Å²) in [4.78, 5) is 12.0. The van der Waals surface area contributed by atoms with Crippen LogP contribution in [-0.2, 0) is 15.1 Å². The number of unbranched alkanes of at least 4 members (excludes halogenated alkanes) is 6. The van der Waals surface area contributed by atoms with Crippen molar-refractivity contribution in [2.75, 3.05) is 13.2 Å². The van der Waals surface area contributed by atoms with Crippen LogP contribution in [0.25, 0.3) is 11.1 Å². The lowest BCUT2D eigenvalue weighted by molar-refractivity contribution is -0.0538. The van der Waals surface area contributed by atoms with Crippen LogP contribution >= 0.6 is 0 Å².